The molecule has 19 heavy (non-hydrogen) atoms. The van der Waals surface area contributed by atoms with Gasteiger partial charge in [0.25, 0.3) is 0 Å². The molecule has 4 nitrogen and oxygen atoms in total. The minimum atomic E-state index is -0.562. The molecule has 0 saturated heterocycles. The Morgan fingerprint density at radius 2 is 1.89 bits per heavy atom. The Balaban J connectivity index is 2.49. The first-order valence-electron chi connectivity index (χ1n) is 5.05. The summed E-state index contributed by atoms with van der Waals surface area (Å²) in [6.45, 7) is 0. The third kappa shape index (κ3) is 3.18. The van der Waals surface area contributed by atoms with Crippen LogP contribution in [-0.4, -0.2) is 4.92 Å². The van der Waals surface area contributed by atoms with E-state index in [-0.39, 0.29) is 22.2 Å². The summed E-state index contributed by atoms with van der Waals surface area (Å²) in [5, 5.41) is 11.4. The highest BCUT2D eigenvalue weighted by molar-refractivity contribution is 9.10. The fourth-order valence-corrected chi connectivity index (χ4v) is 2.11. The van der Waals surface area contributed by atoms with Crippen LogP contribution in [-0.2, 0) is 0 Å². The zero-order valence-corrected chi connectivity index (χ0v) is 12.4. The molecule has 0 heterocycles. The van der Waals surface area contributed by atoms with Gasteiger partial charge in [-0.25, -0.2) is 0 Å². The number of nitro groups is 1. The van der Waals surface area contributed by atoms with Crippen LogP contribution in [0.25, 0.3) is 0 Å². The number of halogens is 3. The highest BCUT2D eigenvalue weighted by Crippen LogP contribution is 2.40. The zero-order valence-electron chi connectivity index (χ0n) is 9.27. The maximum Gasteiger partial charge on any atom is 0.313 e. The SMILES string of the molecule is O=[N+]([O-])c1cccc(Cl)c1Oc1cc(Br)ccc1Cl. The molecule has 0 amide bonds. The number of benzene rings is 2. The number of nitro benzene ring substituents is 1. The molecule has 2 aromatic carbocycles. The highest BCUT2D eigenvalue weighted by Gasteiger charge is 2.20. The van der Waals surface area contributed by atoms with Crippen molar-refractivity contribution >= 4 is 44.8 Å². The van der Waals surface area contributed by atoms with Gasteiger partial charge in [0.15, 0.2) is 0 Å². The van der Waals surface area contributed by atoms with Crippen molar-refractivity contribution in [3.8, 4) is 11.5 Å². The van der Waals surface area contributed by atoms with Gasteiger partial charge in [0.1, 0.15) is 5.75 Å². The Kier molecular flexibility index (Phi) is 4.29. The third-order valence-electron chi connectivity index (χ3n) is 2.25. The molecule has 0 saturated carbocycles. The van der Waals surface area contributed by atoms with Gasteiger partial charge in [-0.15, -0.1) is 0 Å². The van der Waals surface area contributed by atoms with E-state index in [9.17, 15) is 10.1 Å². The quantitative estimate of drug-likeness (QED) is 0.538. The van der Waals surface area contributed by atoms with Gasteiger partial charge in [-0.05, 0) is 24.3 Å². The van der Waals surface area contributed by atoms with E-state index in [4.69, 9.17) is 27.9 Å². The second-order valence-electron chi connectivity index (χ2n) is 3.52. The summed E-state index contributed by atoms with van der Waals surface area (Å²) in [5.74, 6) is 0.251. The van der Waals surface area contributed by atoms with Crippen LogP contribution >= 0.6 is 39.1 Å². The van der Waals surface area contributed by atoms with Crippen LogP contribution in [0.2, 0.25) is 10.0 Å². The van der Waals surface area contributed by atoms with Gasteiger partial charge in [0, 0.05) is 10.5 Å². The number of hydrogen-bond acceptors (Lipinski definition) is 3. The standard InChI is InChI=1S/C12H6BrCl2NO3/c13-7-4-5-8(14)11(6-7)19-12-9(15)2-1-3-10(12)16(17)18/h1-6H. The van der Waals surface area contributed by atoms with Crippen LogP contribution in [0.1, 0.15) is 0 Å². The topological polar surface area (TPSA) is 52.4 Å². The Hall–Kier alpha value is -1.30. The van der Waals surface area contributed by atoms with Crippen molar-refractivity contribution in [2.24, 2.45) is 0 Å². The normalized spacial score (nSPS) is 10.3. The second-order valence-corrected chi connectivity index (χ2v) is 5.25. The maximum absolute atomic E-state index is 10.9. The van der Waals surface area contributed by atoms with E-state index in [1.807, 2.05) is 0 Å². The van der Waals surface area contributed by atoms with E-state index < -0.39 is 4.92 Å². The molecule has 0 atom stereocenters. The second kappa shape index (κ2) is 5.77. The molecule has 7 heteroatoms. The lowest BCUT2D eigenvalue weighted by Gasteiger charge is -2.09. The predicted octanol–water partition coefficient (Wildman–Crippen LogP) is 5.46. The largest absolute Gasteiger partial charge is 0.447 e. The maximum atomic E-state index is 10.9. The van der Waals surface area contributed by atoms with Gasteiger partial charge in [-0.1, -0.05) is 45.2 Å². The van der Waals surface area contributed by atoms with Gasteiger partial charge in [0.05, 0.1) is 15.0 Å². The van der Waals surface area contributed by atoms with E-state index in [0.29, 0.717) is 5.02 Å². The minimum absolute atomic E-state index is 0.0332. The summed E-state index contributed by atoms with van der Waals surface area (Å²) >= 11 is 15.2. The number of hydrogen-bond donors (Lipinski definition) is 0. The summed E-state index contributed by atoms with van der Waals surface area (Å²) in [5.41, 5.74) is -0.219. The molecule has 0 aromatic heterocycles. The molecule has 2 aromatic rings. The molecule has 0 fully saturated rings. The zero-order chi connectivity index (χ0) is 14.0. The first-order chi connectivity index (χ1) is 8.99. The van der Waals surface area contributed by atoms with Gasteiger partial charge >= 0.3 is 5.69 Å². The van der Waals surface area contributed by atoms with Crippen molar-refractivity contribution in [2.75, 3.05) is 0 Å². The molecule has 0 radical (unpaired) electrons. The predicted molar refractivity (Wildman–Crippen MR) is 77.3 cm³/mol. The van der Waals surface area contributed by atoms with Crippen LogP contribution < -0.4 is 4.74 Å². The average molecular weight is 363 g/mol. The first kappa shape index (κ1) is 14.1. The molecule has 0 aliphatic rings. The Morgan fingerprint density at radius 3 is 2.58 bits per heavy atom. The van der Waals surface area contributed by atoms with Crippen molar-refractivity contribution < 1.29 is 9.66 Å². The number of nitrogens with zero attached hydrogens (tertiary/aromatic N) is 1. The summed E-state index contributed by atoms with van der Waals surface area (Å²) in [7, 11) is 0. The Labute approximate surface area is 127 Å². The van der Waals surface area contributed by atoms with Crippen LogP contribution in [0.15, 0.2) is 40.9 Å². The van der Waals surface area contributed by atoms with E-state index in [0.717, 1.165) is 4.47 Å². The van der Waals surface area contributed by atoms with Crippen molar-refractivity contribution in [1.82, 2.24) is 0 Å². The van der Waals surface area contributed by atoms with E-state index in [1.165, 1.54) is 18.2 Å². The molecule has 0 spiro atoms. The van der Waals surface area contributed by atoms with Crippen LogP contribution in [0.3, 0.4) is 0 Å². The van der Waals surface area contributed by atoms with Gasteiger partial charge in [0.2, 0.25) is 5.75 Å². The lowest BCUT2D eigenvalue weighted by molar-refractivity contribution is -0.385. The molecular weight excluding hydrogens is 357 g/mol. The number of rotatable bonds is 3. The molecule has 0 aliphatic heterocycles. The monoisotopic (exact) mass is 361 g/mol. The minimum Gasteiger partial charge on any atom is -0.447 e. The van der Waals surface area contributed by atoms with E-state index >= 15 is 0 Å². The van der Waals surface area contributed by atoms with Crippen LogP contribution in [0.4, 0.5) is 5.69 Å². The van der Waals surface area contributed by atoms with Crippen molar-refractivity contribution in [3.05, 3.63) is 61.0 Å². The number of ether oxygens (including phenoxy) is 1. The fraction of sp³-hybridized carbons (Fsp3) is 0. The molecule has 2 rings (SSSR count). The molecule has 0 N–H and O–H groups in total. The molecule has 0 bridgehead atoms. The summed E-state index contributed by atoms with van der Waals surface area (Å²) in [4.78, 5) is 10.4. The van der Waals surface area contributed by atoms with E-state index in [2.05, 4.69) is 15.9 Å². The lowest BCUT2D eigenvalue weighted by Crippen LogP contribution is -1.94. The first-order valence-corrected chi connectivity index (χ1v) is 6.59. The number of para-hydroxylation sites is 1. The smallest absolute Gasteiger partial charge is 0.313 e. The van der Waals surface area contributed by atoms with Crippen LogP contribution in [0, 0.1) is 10.1 Å². The van der Waals surface area contributed by atoms with Crippen LogP contribution in [0.5, 0.6) is 11.5 Å². The molecule has 0 unspecified atom stereocenters. The Bertz CT molecular complexity index is 649. The fourth-order valence-electron chi connectivity index (χ4n) is 1.41. The third-order valence-corrected chi connectivity index (χ3v) is 3.35. The highest BCUT2D eigenvalue weighted by atomic mass is 79.9. The van der Waals surface area contributed by atoms with Crippen molar-refractivity contribution in [2.45, 2.75) is 0 Å². The summed E-state index contributed by atoms with van der Waals surface area (Å²) in [6.07, 6.45) is 0. The summed E-state index contributed by atoms with van der Waals surface area (Å²) in [6, 6.07) is 9.26. The Morgan fingerprint density at radius 1 is 1.16 bits per heavy atom. The lowest BCUT2D eigenvalue weighted by atomic mass is 10.3. The van der Waals surface area contributed by atoms with Crippen molar-refractivity contribution in [3.63, 3.8) is 0 Å². The van der Waals surface area contributed by atoms with Crippen molar-refractivity contribution in [1.29, 1.82) is 0 Å². The molecule has 0 aliphatic carbocycles. The average Bonchev–Trinajstić information content (AvgIpc) is 2.35. The summed E-state index contributed by atoms with van der Waals surface area (Å²) < 4.78 is 6.22. The van der Waals surface area contributed by atoms with Gasteiger partial charge in [-0.2, -0.15) is 0 Å². The van der Waals surface area contributed by atoms with E-state index in [1.54, 1.807) is 18.2 Å². The molecule has 98 valence electrons. The van der Waals surface area contributed by atoms with Gasteiger partial charge in [-0.3, -0.25) is 10.1 Å². The van der Waals surface area contributed by atoms with Gasteiger partial charge < -0.3 is 4.74 Å². The molecular formula is C12H6BrCl2NO3.